The molecule has 0 saturated heterocycles. The topological polar surface area (TPSA) is 38.7 Å². The molecular weight excluding hydrogens is 284 g/mol. The van der Waals surface area contributed by atoms with Crippen LogP contribution in [0, 0.1) is 0 Å². The molecule has 1 atom stereocenters. The first-order valence-electron chi connectivity index (χ1n) is 5.83. The smallest absolute Gasteiger partial charge is 0.126 e. The molecule has 96 valence electrons. The molecule has 0 amide bonds. The summed E-state index contributed by atoms with van der Waals surface area (Å²) in [5.74, 6) is 0.728. The molecule has 1 N–H and O–H groups in total. The van der Waals surface area contributed by atoms with Gasteiger partial charge in [0.2, 0.25) is 0 Å². The number of benzene rings is 1. The Morgan fingerprint density at radius 3 is 2.76 bits per heavy atom. The fourth-order valence-electron chi connectivity index (χ4n) is 1.47. The van der Waals surface area contributed by atoms with Gasteiger partial charge in [-0.15, -0.1) is 0 Å². The summed E-state index contributed by atoms with van der Waals surface area (Å²) >= 11 is 3.39. The van der Waals surface area contributed by atoms with Crippen LogP contribution in [0.1, 0.15) is 31.9 Å². The Bertz CT molecular complexity index is 339. The van der Waals surface area contributed by atoms with E-state index in [2.05, 4.69) is 15.9 Å². The van der Waals surface area contributed by atoms with Gasteiger partial charge in [0.05, 0.1) is 12.7 Å². The largest absolute Gasteiger partial charge is 0.493 e. The fraction of sp³-hybridized carbons (Fsp3) is 0.538. The third-order valence-corrected chi connectivity index (χ3v) is 2.81. The zero-order valence-electron chi connectivity index (χ0n) is 10.3. The second-order valence-electron chi connectivity index (χ2n) is 3.76. The molecule has 0 heterocycles. The standard InChI is InChI=1S/C13H19BrO3/c1-3-16-7-4-8-17-13-9-11(14)5-6-12(13)10(2)15/h5-6,9-10,15H,3-4,7-8H2,1-2H3/t10-/m0/s1. The van der Waals surface area contributed by atoms with Gasteiger partial charge in [-0.05, 0) is 26.0 Å². The summed E-state index contributed by atoms with van der Waals surface area (Å²) in [4.78, 5) is 0. The van der Waals surface area contributed by atoms with E-state index in [4.69, 9.17) is 9.47 Å². The number of hydrogen-bond donors (Lipinski definition) is 1. The van der Waals surface area contributed by atoms with Crippen molar-refractivity contribution in [3.63, 3.8) is 0 Å². The lowest BCUT2D eigenvalue weighted by Gasteiger charge is -2.13. The van der Waals surface area contributed by atoms with E-state index in [-0.39, 0.29) is 0 Å². The second-order valence-corrected chi connectivity index (χ2v) is 4.67. The summed E-state index contributed by atoms with van der Waals surface area (Å²) in [5.41, 5.74) is 0.810. The maximum absolute atomic E-state index is 9.62. The van der Waals surface area contributed by atoms with Gasteiger partial charge in [0, 0.05) is 29.7 Å². The molecule has 0 aliphatic heterocycles. The average molecular weight is 303 g/mol. The van der Waals surface area contributed by atoms with Gasteiger partial charge in [0.25, 0.3) is 0 Å². The summed E-state index contributed by atoms with van der Waals surface area (Å²) < 4.78 is 11.8. The van der Waals surface area contributed by atoms with Gasteiger partial charge in [-0.1, -0.05) is 22.0 Å². The first-order valence-corrected chi connectivity index (χ1v) is 6.62. The lowest BCUT2D eigenvalue weighted by atomic mass is 10.1. The molecule has 1 aromatic rings. The Kier molecular flexibility index (Phi) is 6.55. The van der Waals surface area contributed by atoms with Gasteiger partial charge >= 0.3 is 0 Å². The highest BCUT2D eigenvalue weighted by Gasteiger charge is 2.09. The summed E-state index contributed by atoms with van der Waals surface area (Å²) in [6.45, 7) is 5.73. The third-order valence-electron chi connectivity index (χ3n) is 2.32. The number of hydrogen-bond acceptors (Lipinski definition) is 3. The van der Waals surface area contributed by atoms with Crippen molar-refractivity contribution >= 4 is 15.9 Å². The fourth-order valence-corrected chi connectivity index (χ4v) is 1.81. The van der Waals surface area contributed by atoms with Crippen molar-refractivity contribution < 1.29 is 14.6 Å². The van der Waals surface area contributed by atoms with Crippen LogP contribution in [-0.4, -0.2) is 24.9 Å². The average Bonchev–Trinajstić information content (AvgIpc) is 2.28. The van der Waals surface area contributed by atoms with Crippen molar-refractivity contribution in [1.29, 1.82) is 0 Å². The minimum Gasteiger partial charge on any atom is -0.493 e. The van der Waals surface area contributed by atoms with E-state index in [1.807, 2.05) is 25.1 Å². The first kappa shape index (κ1) is 14.5. The van der Waals surface area contributed by atoms with Gasteiger partial charge in [-0.25, -0.2) is 0 Å². The molecule has 0 aromatic heterocycles. The minimum atomic E-state index is -0.523. The van der Waals surface area contributed by atoms with Gasteiger partial charge in [0.15, 0.2) is 0 Å². The Hall–Kier alpha value is -0.580. The van der Waals surface area contributed by atoms with E-state index in [0.717, 1.165) is 28.8 Å². The van der Waals surface area contributed by atoms with Crippen LogP contribution in [0.2, 0.25) is 0 Å². The van der Waals surface area contributed by atoms with Crippen molar-refractivity contribution in [2.24, 2.45) is 0 Å². The van der Waals surface area contributed by atoms with E-state index in [0.29, 0.717) is 13.2 Å². The van der Waals surface area contributed by atoms with Gasteiger partial charge in [-0.2, -0.15) is 0 Å². The van der Waals surface area contributed by atoms with Crippen molar-refractivity contribution in [2.45, 2.75) is 26.4 Å². The van der Waals surface area contributed by atoms with E-state index >= 15 is 0 Å². The maximum atomic E-state index is 9.62. The second kappa shape index (κ2) is 7.69. The molecule has 0 saturated carbocycles. The number of aliphatic hydroxyl groups is 1. The van der Waals surface area contributed by atoms with Crippen molar-refractivity contribution in [3.05, 3.63) is 28.2 Å². The molecule has 17 heavy (non-hydrogen) atoms. The van der Waals surface area contributed by atoms with Crippen LogP contribution in [0.4, 0.5) is 0 Å². The van der Waals surface area contributed by atoms with Crippen molar-refractivity contribution in [1.82, 2.24) is 0 Å². The van der Waals surface area contributed by atoms with Crippen molar-refractivity contribution in [2.75, 3.05) is 19.8 Å². The Morgan fingerprint density at radius 2 is 2.12 bits per heavy atom. The van der Waals surface area contributed by atoms with E-state index in [9.17, 15) is 5.11 Å². The normalized spacial score (nSPS) is 12.5. The lowest BCUT2D eigenvalue weighted by molar-refractivity contribution is 0.129. The van der Waals surface area contributed by atoms with Crippen LogP contribution in [0.5, 0.6) is 5.75 Å². The van der Waals surface area contributed by atoms with E-state index in [1.165, 1.54) is 0 Å². The highest BCUT2D eigenvalue weighted by molar-refractivity contribution is 9.10. The molecule has 0 fully saturated rings. The number of aliphatic hydroxyl groups excluding tert-OH is 1. The lowest BCUT2D eigenvalue weighted by Crippen LogP contribution is -2.05. The molecule has 0 spiro atoms. The highest BCUT2D eigenvalue weighted by atomic mass is 79.9. The van der Waals surface area contributed by atoms with E-state index in [1.54, 1.807) is 6.92 Å². The Balaban J connectivity index is 2.53. The summed E-state index contributed by atoms with van der Waals surface area (Å²) in [7, 11) is 0. The predicted molar refractivity (Wildman–Crippen MR) is 71.4 cm³/mol. The first-order chi connectivity index (χ1) is 8.15. The molecule has 1 rings (SSSR count). The SMILES string of the molecule is CCOCCCOc1cc(Br)ccc1[C@H](C)O. The maximum Gasteiger partial charge on any atom is 0.126 e. The molecule has 0 bridgehead atoms. The molecular formula is C13H19BrO3. The zero-order chi connectivity index (χ0) is 12.7. The molecule has 1 aromatic carbocycles. The minimum absolute atomic E-state index is 0.523. The van der Waals surface area contributed by atoms with Crippen LogP contribution in [0.25, 0.3) is 0 Å². The van der Waals surface area contributed by atoms with Crippen LogP contribution >= 0.6 is 15.9 Å². The Morgan fingerprint density at radius 1 is 1.35 bits per heavy atom. The number of ether oxygens (including phenoxy) is 2. The predicted octanol–water partition coefficient (Wildman–Crippen LogP) is 3.31. The van der Waals surface area contributed by atoms with Gasteiger partial charge in [-0.3, -0.25) is 0 Å². The van der Waals surface area contributed by atoms with Crippen LogP contribution in [-0.2, 0) is 4.74 Å². The van der Waals surface area contributed by atoms with Crippen molar-refractivity contribution in [3.8, 4) is 5.75 Å². The molecule has 3 nitrogen and oxygen atoms in total. The van der Waals surface area contributed by atoms with Gasteiger partial charge < -0.3 is 14.6 Å². The third kappa shape index (κ3) is 5.06. The summed E-state index contributed by atoms with van der Waals surface area (Å²) in [6.07, 6.45) is 0.324. The molecule has 0 aliphatic rings. The Labute approximate surface area is 111 Å². The van der Waals surface area contributed by atoms with Crippen LogP contribution in [0.3, 0.4) is 0 Å². The zero-order valence-corrected chi connectivity index (χ0v) is 11.9. The quantitative estimate of drug-likeness (QED) is 0.785. The van der Waals surface area contributed by atoms with Crippen LogP contribution < -0.4 is 4.74 Å². The van der Waals surface area contributed by atoms with Gasteiger partial charge in [0.1, 0.15) is 5.75 Å². The molecule has 0 unspecified atom stereocenters. The summed E-state index contributed by atoms with van der Waals surface area (Å²) in [6, 6.07) is 5.64. The number of halogens is 1. The summed E-state index contributed by atoms with van der Waals surface area (Å²) in [5, 5.41) is 9.62. The number of rotatable bonds is 7. The van der Waals surface area contributed by atoms with E-state index < -0.39 is 6.10 Å². The molecule has 0 aliphatic carbocycles. The van der Waals surface area contributed by atoms with Crippen LogP contribution in [0.15, 0.2) is 22.7 Å². The molecule has 0 radical (unpaired) electrons. The highest BCUT2D eigenvalue weighted by Crippen LogP contribution is 2.28. The molecule has 4 heteroatoms. The monoisotopic (exact) mass is 302 g/mol.